The third-order valence-electron chi connectivity index (χ3n) is 6.10. The minimum atomic E-state index is -0.600. The van der Waals surface area contributed by atoms with E-state index in [1.54, 1.807) is 4.68 Å². The minimum absolute atomic E-state index is 0.0155. The molecule has 1 aliphatic rings. The summed E-state index contributed by atoms with van der Waals surface area (Å²) in [6.07, 6.45) is 1.76. The van der Waals surface area contributed by atoms with E-state index in [1.807, 2.05) is 39.1 Å². The lowest BCUT2D eigenvalue weighted by atomic mass is 9.75. The quantitative estimate of drug-likeness (QED) is 0.691. The highest BCUT2D eigenvalue weighted by Crippen LogP contribution is 2.37. The van der Waals surface area contributed by atoms with E-state index in [2.05, 4.69) is 34.6 Å². The van der Waals surface area contributed by atoms with Crippen LogP contribution < -0.4 is 5.32 Å². The van der Waals surface area contributed by atoms with Gasteiger partial charge in [0.2, 0.25) is 5.91 Å². The van der Waals surface area contributed by atoms with Gasteiger partial charge in [0.15, 0.2) is 0 Å². The molecular weight excluding hydrogens is 380 g/mol. The van der Waals surface area contributed by atoms with Crippen LogP contribution in [0.25, 0.3) is 11.3 Å². The Morgan fingerprint density at radius 1 is 1.17 bits per heavy atom. The second kappa shape index (κ2) is 8.07. The van der Waals surface area contributed by atoms with Crippen LogP contribution in [0, 0.1) is 26.2 Å². The summed E-state index contributed by atoms with van der Waals surface area (Å²) in [6.45, 7) is 7.02. The van der Waals surface area contributed by atoms with E-state index >= 15 is 0 Å². The molecule has 1 aromatic carbocycles. The summed E-state index contributed by atoms with van der Waals surface area (Å²) >= 11 is 0. The number of ether oxygens (including phenoxy) is 1. The van der Waals surface area contributed by atoms with Gasteiger partial charge in [-0.1, -0.05) is 35.0 Å². The van der Waals surface area contributed by atoms with Gasteiger partial charge in [-0.15, -0.1) is 0 Å². The van der Waals surface area contributed by atoms with Crippen LogP contribution in [0.2, 0.25) is 0 Å². The Bertz CT molecular complexity index is 1040. The summed E-state index contributed by atoms with van der Waals surface area (Å²) in [5.41, 5.74) is 4.91. The highest BCUT2D eigenvalue weighted by atomic mass is 16.5. The lowest BCUT2D eigenvalue weighted by molar-refractivity contribution is -0.131. The van der Waals surface area contributed by atoms with E-state index in [1.165, 1.54) is 5.56 Å². The fourth-order valence-electron chi connectivity index (χ4n) is 4.04. The second-order valence-corrected chi connectivity index (χ2v) is 8.24. The molecule has 30 heavy (non-hydrogen) atoms. The number of aromatic nitrogens is 3. The molecule has 2 aromatic heterocycles. The Balaban J connectivity index is 1.58. The fourth-order valence-corrected chi connectivity index (χ4v) is 4.04. The van der Waals surface area contributed by atoms with Gasteiger partial charge >= 0.3 is 0 Å². The zero-order valence-electron chi connectivity index (χ0n) is 18.0. The van der Waals surface area contributed by atoms with Gasteiger partial charge in [-0.05, 0) is 33.6 Å². The number of hydrogen-bond acceptors (Lipinski definition) is 5. The topological polar surface area (TPSA) is 82.2 Å². The van der Waals surface area contributed by atoms with Gasteiger partial charge in [-0.25, -0.2) is 0 Å². The van der Waals surface area contributed by atoms with Crippen molar-refractivity contribution in [1.82, 2.24) is 14.9 Å². The first kappa shape index (κ1) is 20.3. The van der Waals surface area contributed by atoms with Crippen molar-refractivity contribution in [1.29, 1.82) is 0 Å². The first-order valence-electron chi connectivity index (χ1n) is 10.3. The summed E-state index contributed by atoms with van der Waals surface area (Å²) < 4.78 is 13.0. The Morgan fingerprint density at radius 3 is 2.50 bits per heavy atom. The number of hydrogen-bond donors (Lipinski definition) is 1. The first-order chi connectivity index (χ1) is 14.4. The highest BCUT2D eigenvalue weighted by Gasteiger charge is 2.42. The molecule has 0 atom stereocenters. The van der Waals surface area contributed by atoms with Gasteiger partial charge < -0.3 is 14.6 Å². The molecule has 158 valence electrons. The number of nitrogens with one attached hydrogen (secondary N) is 1. The van der Waals surface area contributed by atoms with Crippen LogP contribution >= 0.6 is 0 Å². The molecule has 0 aliphatic carbocycles. The Morgan fingerprint density at radius 2 is 1.87 bits per heavy atom. The average Bonchev–Trinajstić information content (AvgIpc) is 3.29. The van der Waals surface area contributed by atoms with Crippen LogP contribution in [0.1, 0.15) is 35.6 Å². The number of aryl methyl sites for hydroxylation is 3. The van der Waals surface area contributed by atoms with Crippen LogP contribution in [0.5, 0.6) is 0 Å². The molecule has 0 bridgehead atoms. The molecule has 7 heteroatoms. The van der Waals surface area contributed by atoms with Crippen LogP contribution in [0.3, 0.4) is 0 Å². The molecule has 0 radical (unpaired) electrons. The fraction of sp³-hybridized carbons (Fsp3) is 0.435. The third-order valence-corrected chi connectivity index (χ3v) is 6.10. The van der Waals surface area contributed by atoms with Gasteiger partial charge in [-0.2, -0.15) is 5.10 Å². The lowest BCUT2D eigenvalue weighted by Gasteiger charge is -2.35. The maximum Gasteiger partial charge on any atom is 0.231 e. The van der Waals surface area contributed by atoms with E-state index in [-0.39, 0.29) is 5.91 Å². The zero-order chi connectivity index (χ0) is 21.3. The summed E-state index contributed by atoms with van der Waals surface area (Å²) in [5, 5.41) is 11.8. The predicted molar refractivity (Wildman–Crippen MR) is 114 cm³/mol. The monoisotopic (exact) mass is 408 g/mol. The minimum Gasteiger partial charge on any atom is -0.381 e. The van der Waals surface area contributed by atoms with E-state index in [0.717, 1.165) is 28.3 Å². The van der Waals surface area contributed by atoms with Crippen LogP contribution in [-0.2, 0) is 23.0 Å². The standard InChI is InChI=1S/C23H28N4O3/c1-15-5-7-18(8-6-15)20-13-19(30-26-20)14-23(9-11-29-12-10-23)22(28)24-21-16(2)25-27(4)17(21)3/h5-8,13H,9-12,14H2,1-4H3,(H,24,28). The van der Waals surface area contributed by atoms with Gasteiger partial charge in [0.1, 0.15) is 11.5 Å². The molecular formula is C23H28N4O3. The molecule has 0 saturated carbocycles. The lowest BCUT2D eigenvalue weighted by Crippen LogP contribution is -2.42. The molecule has 7 nitrogen and oxygen atoms in total. The van der Waals surface area contributed by atoms with Crippen molar-refractivity contribution < 1.29 is 14.1 Å². The summed E-state index contributed by atoms with van der Waals surface area (Å²) in [7, 11) is 1.88. The van der Waals surface area contributed by atoms with Gasteiger partial charge in [-0.3, -0.25) is 9.48 Å². The van der Waals surface area contributed by atoms with E-state index in [9.17, 15) is 4.79 Å². The number of rotatable bonds is 5. The Labute approximate surface area is 176 Å². The van der Waals surface area contributed by atoms with Crippen molar-refractivity contribution >= 4 is 11.6 Å². The van der Waals surface area contributed by atoms with Crippen LogP contribution in [-0.4, -0.2) is 34.1 Å². The summed E-state index contributed by atoms with van der Waals surface area (Å²) in [5.74, 6) is 0.695. The van der Waals surface area contributed by atoms with Crippen LogP contribution in [0.15, 0.2) is 34.9 Å². The smallest absolute Gasteiger partial charge is 0.231 e. The number of carbonyl (C=O) groups excluding carboxylic acids is 1. The number of nitrogens with zero attached hydrogens (tertiary/aromatic N) is 3. The maximum atomic E-state index is 13.5. The SMILES string of the molecule is Cc1ccc(-c2cc(CC3(C(=O)Nc4c(C)nn(C)c4C)CCOCC3)on2)cc1. The van der Waals surface area contributed by atoms with Crippen molar-refractivity contribution in [2.24, 2.45) is 12.5 Å². The zero-order valence-corrected chi connectivity index (χ0v) is 18.0. The predicted octanol–water partition coefficient (Wildman–Crippen LogP) is 3.98. The number of amides is 1. The summed E-state index contributed by atoms with van der Waals surface area (Å²) in [4.78, 5) is 13.5. The third kappa shape index (κ3) is 3.89. The molecule has 3 aromatic rings. The van der Waals surface area contributed by atoms with Crippen molar-refractivity contribution in [2.75, 3.05) is 18.5 Å². The number of anilines is 1. The van der Waals surface area contributed by atoms with Gasteiger partial charge in [0.25, 0.3) is 0 Å². The molecule has 1 saturated heterocycles. The highest BCUT2D eigenvalue weighted by molar-refractivity contribution is 5.96. The molecule has 0 unspecified atom stereocenters. The number of benzene rings is 1. The molecule has 1 aliphatic heterocycles. The largest absolute Gasteiger partial charge is 0.381 e. The normalized spacial score (nSPS) is 15.9. The van der Waals surface area contributed by atoms with E-state index < -0.39 is 5.41 Å². The van der Waals surface area contributed by atoms with Crippen molar-refractivity contribution in [2.45, 2.75) is 40.0 Å². The van der Waals surface area contributed by atoms with Gasteiger partial charge in [0, 0.05) is 38.3 Å². The molecule has 1 fully saturated rings. The van der Waals surface area contributed by atoms with Crippen LogP contribution in [0.4, 0.5) is 5.69 Å². The molecule has 1 N–H and O–H groups in total. The molecule has 3 heterocycles. The maximum absolute atomic E-state index is 13.5. The van der Waals surface area contributed by atoms with Crippen molar-refractivity contribution in [3.63, 3.8) is 0 Å². The van der Waals surface area contributed by atoms with E-state index in [4.69, 9.17) is 9.26 Å². The Kier molecular flexibility index (Phi) is 5.47. The Hall–Kier alpha value is -2.93. The van der Waals surface area contributed by atoms with Crippen molar-refractivity contribution in [3.8, 4) is 11.3 Å². The molecule has 0 spiro atoms. The van der Waals surface area contributed by atoms with E-state index in [0.29, 0.717) is 38.2 Å². The molecule has 4 rings (SSSR count). The summed E-state index contributed by atoms with van der Waals surface area (Å²) in [6, 6.07) is 10.1. The van der Waals surface area contributed by atoms with Crippen molar-refractivity contribution in [3.05, 3.63) is 53.0 Å². The second-order valence-electron chi connectivity index (χ2n) is 8.24. The number of carbonyl (C=O) groups is 1. The molecule has 1 amide bonds. The average molecular weight is 409 g/mol. The van der Waals surface area contributed by atoms with Gasteiger partial charge in [0.05, 0.1) is 22.5 Å². The first-order valence-corrected chi connectivity index (χ1v) is 10.3.